The molecule has 1 heterocycles. The average molecular weight is 252 g/mol. The quantitative estimate of drug-likeness (QED) is 0.866. The number of hydrogen-bond acceptors (Lipinski definition) is 3. The lowest BCUT2D eigenvalue weighted by Crippen LogP contribution is -2.48. The molecule has 1 N–H and O–H groups in total. The summed E-state index contributed by atoms with van der Waals surface area (Å²) < 4.78 is 0. The van der Waals surface area contributed by atoms with Gasteiger partial charge >= 0.3 is 0 Å². The molecule has 1 aromatic rings. The van der Waals surface area contributed by atoms with Crippen LogP contribution in [0.5, 0.6) is 0 Å². The van der Waals surface area contributed by atoms with E-state index in [0.717, 1.165) is 6.54 Å². The second-order valence-corrected chi connectivity index (χ2v) is 6.53. The predicted molar refractivity (Wildman–Crippen MR) is 75.7 cm³/mol. The molecule has 1 aliphatic rings. The minimum Gasteiger partial charge on any atom is -0.319 e. The van der Waals surface area contributed by atoms with Crippen LogP contribution in [0.4, 0.5) is 0 Å². The lowest BCUT2D eigenvalue weighted by atomic mass is 9.63. The van der Waals surface area contributed by atoms with E-state index in [1.165, 1.54) is 24.8 Å². The Labute approximate surface area is 109 Å². The third kappa shape index (κ3) is 2.28. The van der Waals surface area contributed by atoms with E-state index in [2.05, 4.69) is 49.7 Å². The standard InChI is InChI=1S/C14H24N2S/c1-11-6-9-17-12(11)13(16(3)4)14(10-15-2)7-5-8-14/h6,9,13,15H,5,7-8,10H2,1-4H3. The van der Waals surface area contributed by atoms with Gasteiger partial charge in [0, 0.05) is 16.8 Å². The zero-order chi connectivity index (χ0) is 12.5. The molecule has 1 aromatic heterocycles. The summed E-state index contributed by atoms with van der Waals surface area (Å²) in [6.45, 7) is 3.38. The zero-order valence-corrected chi connectivity index (χ0v) is 12.2. The lowest BCUT2D eigenvalue weighted by Gasteiger charge is -2.50. The van der Waals surface area contributed by atoms with Crippen LogP contribution in [0.2, 0.25) is 0 Å². The first-order valence-electron chi connectivity index (χ1n) is 6.46. The Balaban J connectivity index is 2.32. The van der Waals surface area contributed by atoms with Gasteiger partial charge in [0.1, 0.15) is 0 Å². The molecule has 2 rings (SSSR count). The molecule has 0 amide bonds. The first kappa shape index (κ1) is 13.1. The average Bonchev–Trinajstić information content (AvgIpc) is 2.61. The first-order chi connectivity index (χ1) is 8.10. The van der Waals surface area contributed by atoms with E-state index in [9.17, 15) is 0 Å². The smallest absolute Gasteiger partial charge is 0.0506 e. The molecule has 1 atom stereocenters. The minimum atomic E-state index is 0.452. The van der Waals surface area contributed by atoms with Crippen LogP contribution in [0.25, 0.3) is 0 Å². The van der Waals surface area contributed by atoms with Crippen molar-refractivity contribution in [2.75, 3.05) is 27.7 Å². The molecule has 0 spiro atoms. The van der Waals surface area contributed by atoms with E-state index in [1.807, 2.05) is 11.3 Å². The van der Waals surface area contributed by atoms with Crippen molar-refractivity contribution >= 4 is 11.3 Å². The highest BCUT2D eigenvalue weighted by Crippen LogP contribution is 2.53. The van der Waals surface area contributed by atoms with Gasteiger partial charge in [-0.15, -0.1) is 11.3 Å². The Morgan fingerprint density at radius 2 is 2.18 bits per heavy atom. The van der Waals surface area contributed by atoms with Crippen molar-refractivity contribution in [2.24, 2.45) is 5.41 Å². The molecule has 0 saturated heterocycles. The third-order valence-electron chi connectivity index (χ3n) is 4.12. The van der Waals surface area contributed by atoms with Gasteiger partial charge in [0.25, 0.3) is 0 Å². The van der Waals surface area contributed by atoms with Crippen LogP contribution in [0.1, 0.15) is 35.7 Å². The van der Waals surface area contributed by atoms with Gasteiger partial charge in [-0.25, -0.2) is 0 Å². The SMILES string of the molecule is CNCC1(C(c2sccc2C)N(C)C)CCC1. The summed E-state index contributed by atoms with van der Waals surface area (Å²) in [5.41, 5.74) is 1.91. The summed E-state index contributed by atoms with van der Waals surface area (Å²) in [6, 6.07) is 2.83. The van der Waals surface area contributed by atoms with E-state index >= 15 is 0 Å². The molecule has 0 radical (unpaired) electrons. The summed E-state index contributed by atoms with van der Waals surface area (Å²) in [5, 5.41) is 5.63. The molecular formula is C14H24N2S. The molecule has 1 unspecified atom stereocenters. The van der Waals surface area contributed by atoms with Crippen molar-refractivity contribution in [3.05, 3.63) is 21.9 Å². The van der Waals surface area contributed by atoms with Gasteiger partial charge in [0.15, 0.2) is 0 Å². The van der Waals surface area contributed by atoms with Crippen molar-refractivity contribution in [1.29, 1.82) is 0 Å². The molecular weight excluding hydrogens is 228 g/mol. The normalized spacial score (nSPS) is 20.3. The summed E-state index contributed by atoms with van der Waals surface area (Å²) in [7, 11) is 6.52. The van der Waals surface area contributed by atoms with Crippen LogP contribution in [-0.4, -0.2) is 32.6 Å². The fourth-order valence-electron chi connectivity index (χ4n) is 3.25. The van der Waals surface area contributed by atoms with Crippen molar-refractivity contribution in [3.8, 4) is 0 Å². The highest BCUT2D eigenvalue weighted by Gasteiger charge is 2.46. The maximum absolute atomic E-state index is 3.41. The summed E-state index contributed by atoms with van der Waals surface area (Å²) in [6.07, 6.45) is 4.10. The van der Waals surface area contributed by atoms with Crippen molar-refractivity contribution in [3.63, 3.8) is 0 Å². The van der Waals surface area contributed by atoms with Gasteiger partial charge in [-0.05, 0) is 57.9 Å². The lowest BCUT2D eigenvalue weighted by molar-refractivity contribution is 0.0232. The highest BCUT2D eigenvalue weighted by atomic mass is 32.1. The summed E-state index contributed by atoms with van der Waals surface area (Å²) in [5.74, 6) is 0. The molecule has 0 bridgehead atoms. The number of nitrogens with one attached hydrogen (secondary N) is 1. The maximum Gasteiger partial charge on any atom is 0.0506 e. The van der Waals surface area contributed by atoms with E-state index in [-0.39, 0.29) is 0 Å². The molecule has 3 heteroatoms. The summed E-state index contributed by atoms with van der Waals surface area (Å²) in [4.78, 5) is 3.97. The minimum absolute atomic E-state index is 0.452. The highest BCUT2D eigenvalue weighted by molar-refractivity contribution is 7.10. The zero-order valence-electron chi connectivity index (χ0n) is 11.4. The van der Waals surface area contributed by atoms with Gasteiger partial charge in [0.2, 0.25) is 0 Å². The monoisotopic (exact) mass is 252 g/mol. The van der Waals surface area contributed by atoms with Crippen molar-refractivity contribution in [2.45, 2.75) is 32.2 Å². The molecule has 1 fully saturated rings. The number of thiophene rings is 1. The van der Waals surface area contributed by atoms with Crippen LogP contribution < -0.4 is 5.32 Å². The van der Waals surface area contributed by atoms with Gasteiger partial charge < -0.3 is 10.2 Å². The fourth-order valence-corrected chi connectivity index (χ4v) is 4.52. The molecule has 0 aliphatic heterocycles. The second-order valence-electron chi connectivity index (χ2n) is 5.58. The van der Waals surface area contributed by atoms with Gasteiger partial charge in [-0.2, -0.15) is 0 Å². The molecule has 96 valence electrons. The fraction of sp³-hybridized carbons (Fsp3) is 0.714. The second kappa shape index (κ2) is 5.09. The predicted octanol–water partition coefficient (Wildman–Crippen LogP) is 3.05. The van der Waals surface area contributed by atoms with Crippen LogP contribution in [-0.2, 0) is 0 Å². The van der Waals surface area contributed by atoms with Crippen molar-refractivity contribution in [1.82, 2.24) is 10.2 Å². The number of rotatable bonds is 5. The van der Waals surface area contributed by atoms with E-state index in [1.54, 1.807) is 4.88 Å². The Bertz CT molecular complexity index is 366. The molecule has 1 aliphatic carbocycles. The van der Waals surface area contributed by atoms with Gasteiger partial charge in [-0.3, -0.25) is 0 Å². The van der Waals surface area contributed by atoms with E-state index < -0.39 is 0 Å². The van der Waals surface area contributed by atoms with Crippen molar-refractivity contribution < 1.29 is 0 Å². The largest absolute Gasteiger partial charge is 0.319 e. The topological polar surface area (TPSA) is 15.3 Å². The molecule has 0 aromatic carbocycles. The van der Waals surface area contributed by atoms with Gasteiger partial charge in [0.05, 0.1) is 6.04 Å². The number of aryl methyl sites for hydroxylation is 1. The van der Waals surface area contributed by atoms with E-state index in [0.29, 0.717) is 11.5 Å². The number of hydrogen-bond donors (Lipinski definition) is 1. The Morgan fingerprint density at radius 3 is 2.53 bits per heavy atom. The molecule has 17 heavy (non-hydrogen) atoms. The maximum atomic E-state index is 3.41. The molecule has 2 nitrogen and oxygen atoms in total. The Kier molecular flexibility index (Phi) is 3.91. The van der Waals surface area contributed by atoms with E-state index in [4.69, 9.17) is 0 Å². The summed E-state index contributed by atoms with van der Waals surface area (Å²) >= 11 is 1.92. The van der Waals surface area contributed by atoms with Crippen LogP contribution in [0, 0.1) is 12.3 Å². The Morgan fingerprint density at radius 1 is 1.47 bits per heavy atom. The Hall–Kier alpha value is -0.380. The van der Waals surface area contributed by atoms with Crippen LogP contribution >= 0.6 is 11.3 Å². The molecule has 1 saturated carbocycles. The number of nitrogens with zero attached hydrogens (tertiary/aromatic N) is 1. The van der Waals surface area contributed by atoms with Gasteiger partial charge in [-0.1, -0.05) is 6.42 Å². The van der Waals surface area contributed by atoms with Crippen LogP contribution in [0.15, 0.2) is 11.4 Å². The van der Waals surface area contributed by atoms with Crippen LogP contribution in [0.3, 0.4) is 0 Å². The third-order valence-corrected chi connectivity index (χ3v) is 5.20. The first-order valence-corrected chi connectivity index (χ1v) is 7.34.